The minimum atomic E-state index is -5.08. The topological polar surface area (TPSA) is 137 Å². The lowest BCUT2D eigenvalue weighted by Gasteiger charge is -2.19. The van der Waals surface area contributed by atoms with Crippen molar-refractivity contribution in [2.24, 2.45) is 0 Å². The number of hydrogen-bond acceptors (Lipinski definition) is 8. The average molecular weight is 531 g/mol. The van der Waals surface area contributed by atoms with E-state index in [1.165, 1.54) is 37.6 Å². The fourth-order valence-electron chi connectivity index (χ4n) is 2.64. The molecule has 3 rings (SSSR count). The summed E-state index contributed by atoms with van der Waals surface area (Å²) in [6.45, 7) is 0. The Morgan fingerprint density at radius 3 is 2.14 bits per heavy atom. The first-order valence-corrected chi connectivity index (χ1v) is 11.4. The zero-order valence-corrected chi connectivity index (χ0v) is 19.9. The minimum absolute atomic E-state index is 0.125. The molecule has 0 radical (unpaired) electrons. The predicted molar refractivity (Wildman–Crippen MR) is 126 cm³/mol. The van der Waals surface area contributed by atoms with Gasteiger partial charge < -0.3 is 20.6 Å². The highest BCUT2D eigenvalue weighted by Gasteiger charge is 2.38. The number of sulfonamides is 1. The van der Waals surface area contributed by atoms with E-state index in [9.17, 15) is 26.0 Å². The molecule has 0 atom stereocenters. The van der Waals surface area contributed by atoms with E-state index in [0.29, 0.717) is 23.0 Å². The van der Waals surface area contributed by atoms with E-state index in [1.54, 1.807) is 24.3 Å². The van der Waals surface area contributed by atoms with E-state index in [1.807, 2.05) is 19.0 Å². The molecule has 0 amide bonds. The second kappa shape index (κ2) is 11.6. The van der Waals surface area contributed by atoms with Gasteiger partial charge in [-0.15, -0.1) is 0 Å². The number of alkyl halides is 3. The fraction of sp³-hybridized carbons (Fsp3) is 0.190. The van der Waals surface area contributed by atoms with E-state index in [2.05, 4.69) is 25.3 Å². The zero-order chi connectivity index (χ0) is 27.1. The van der Waals surface area contributed by atoms with Crippen molar-refractivity contribution in [1.29, 1.82) is 0 Å². The summed E-state index contributed by atoms with van der Waals surface area (Å²) >= 11 is 0. The van der Waals surface area contributed by atoms with Crippen LogP contribution in [-0.2, 0) is 14.8 Å². The number of carboxylic acid groups (broad SMARTS) is 1. The largest absolute Gasteiger partial charge is 0.490 e. The maximum atomic E-state index is 13.4. The summed E-state index contributed by atoms with van der Waals surface area (Å²) in [6, 6.07) is 12.4. The molecule has 194 valence electrons. The van der Waals surface area contributed by atoms with Crippen LogP contribution in [0.25, 0.3) is 0 Å². The Hall–Kier alpha value is -3.98. The Bertz CT molecular complexity index is 1320. The minimum Gasteiger partial charge on any atom is -0.475 e. The third-order valence-electron chi connectivity index (χ3n) is 4.30. The van der Waals surface area contributed by atoms with Gasteiger partial charge in [0.2, 0.25) is 10.0 Å². The highest BCUT2D eigenvalue weighted by atomic mass is 32.2. The summed E-state index contributed by atoms with van der Waals surface area (Å²) in [5.74, 6) is -2.22. The van der Waals surface area contributed by atoms with Crippen LogP contribution in [0.5, 0.6) is 0 Å². The van der Waals surface area contributed by atoms with Crippen LogP contribution < -0.4 is 20.3 Å². The summed E-state index contributed by atoms with van der Waals surface area (Å²) in [4.78, 5) is 19.2. The molecule has 0 aliphatic rings. The van der Waals surface area contributed by atoms with Crippen molar-refractivity contribution in [3.63, 3.8) is 0 Å². The van der Waals surface area contributed by atoms with E-state index in [0.717, 1.165) is 5.69 Å². The second-order valence-corrected chi connectivity index (χ2v) is 9.02. The van der Waals surface area contributed by atoms with Gasteiger partial charge >= 0.3 is 12.1 Å². The van der Waals surface area contributed by atoms with Gasteiger partial charge in [0.05, 0.1) is 16.3 Å². The number of anilines is 5. The van der Waals surface area contributed by atoms with Gasteiger partial charge in [-0.1, -0.05) is 6.07 Å². The number of carboxylic acids is 1. The van der Waals surface area contributed by atoms with Crippen LogP contribution in [0.2, 0.25) is 0 Å². The second-order valence-electron chi connectivity index (χ2n) is 7.13. The zero-order valence-electron chi connectivity index (χ0n) is 19.1. The number of carbonyl (C=O) groups is 1. The molecule has 0 saturated carbocycles. The van der Waals surface area contributed by atoms with E-state index in [4.69, 9.17) is 9.90 Å². The molecule has 1 heterocycles. The van der Waals surface area contributed by atoms with Gasteiger partial charge in [0.25, 0.3) is 0 Å². The van der Waals surface area contributed by atoms with Gasteiger partial charge in [0.15, 0.2) is 0 Å². The van der Waals surface area contributed by atoms with Crippen molar-refractivity contribution in [2.75, 3.05) is 36.7 Å². The number of halogens is 4. The van der Waals surface area contributed by atoms with Crippen molar-refractivity contribution in [3.05, 3.63) is 60.7 Å². The van der Waals surface area contributed by atoms with Crippen LogP contribution >= 0.6 is 0 Å². The lowest BCUT2D eigenvalue weighted by atomic mass is 10.2. The van der Waals surface area contributed by atoms with Crippen molar-refractivity contribution in [2.45, 2.75) is 11.1 Å². The molecule has 0 saturated heterocycles. The molecule has 0 fully saturated rings. The third-order valence-corrected chi connectivity index (χ3v) is 5.71. The number of hydrogen-bond donors (Lipinski definition) is 4. The van der Waals surface area contributed by atoms with Crippen molar-refractivity contribution < 1.29 is 35.9 Å². The first kappa shape index (κ1) is 28.3. The molecule has 0 aliphatic carbocycles. The lowest BCUT2D eigenvalue weighted by molar-refractivity contribution is -0.192. The lowest BCUT2D eigenvalue weighted by Crippen LogP contribution is -2.21. The Balaban J connectivity index is 0.000000572. The molecule has 0 spiro atoms. The molecule has 1 aromatic heterocycles. The number of benzene rings is 2. The van der Waals surface area contributed by atoms with Crippen LogP contribution in [0, 0.1) is 5.82 Å². The highest BCUT2D eigenvalue weighted by molar-refractivity contribution is 7.89. The molecule has 4 N–H and O–H groups in total. The molecule has 36 heavy (non-hydrogen) atoms. The van der Waals surface area contributed by atoms with Gasteiger partial charge in [-0.3, -0.25) is 0 Å². The summed E-state index contributed by atoms with van der Waals surface area (Å²) in [6.07, 6.45) is -3.73. The number of rotatable bonds is 7. The van der Waals surface area contributed by atoms with Gasteiger partial charge in [0, 0.05) is 25.8 Å². The first-order chi connectivity index (χ1) is 16.7. The Kier molecular flexibility index (Phi) is 9.13. The van der Waals surface area contributed by atoms with Crippen LogP contribution in [0.4, 0.5) is 46.3 Å². The van der Waals surface area contributed by atoms with Gasteiger partial charge in [0.1, 0.15) is 23.8 Å². The van der Waals surface area contributed by atoms with Crippen molar-refractivity contribution >= 4 is 44.7 Å². The van der Waals surface area contributed by atoms with Crippen LogP contribution in [0.1, 0.15) is 0 Å². The summed E-state index contributed by atoms with van der Waals surface area (Å²) in [5.41, 5.74) is 1.88. The molecule has 3 aromatic rings. The van der Waals surface area contributed by atoms with E-state index >= 15 is 0 Å². The molecule has 0 unspecified atom stereocenters. The molecule has 0 bridgehead atoms. The smallest absolute Gasteiger partial charge is 0.475 e. The average Bonchev–Trinajstić information content (AvgIpc) is 2.79. The molecule has 0 aliphatic heterocycles. The third kappa shape index (κ3) is 8.06. The molecule has 10 nitrogen and oxygen atoms in total. The SMILES string of the molecule is CNS(=O)(=O)c1ccc(N(C)C)c(Nc2cc(Nc3cccc(F)c3)ncn2)c1.O=C(O)C(F)(F)F. The van der Waals surface area contributed by atoms with Crippen molar-refractivity contribution in [1.82, 2.24) is 14.7 Å². The Labute approximate surface area is 204 Å². The summed E-state index contributed by atoms with van der Waals surface area (Å²) < 4.78 is 71.7. The Morgan fingerprint density at radius 2 is 1.61 bits per heavy atom. The standard InChI is InChI=1S/C19H21FN6O2S.C2HF3O2/c1-21-29(27,28)15-7-8-17(26(2)3)16(10-15)25-19-11-18(22-12-23-19)24-14-6-4-5-13(20)9-14;3-2(4,5)1(6)7/h4-12,21H,1-3H3,(H2,22,23,24,25);(H,6,7). The van der Waals surface area contributed by atoms with Gasteiger partial charge in [-0.25, -0.2) is 32.3 Å². The first-order valence-electron chi connectivity index (χ1n) is 9.89. The normalized spacial score (nSPS) is 11.2. The quantitative estimate of drug-likeness (QED) is 0.337. The molecular weight excluding hydrogens is 508 g/mol. The van der Waals surface area contributed by atoms with Crippen LogP contribution in [0.15, 0.2) is 59.8 Å². The van der Waals surface area contributed by atoms with Gasteiger partial charge in [-0.05, 0) is 43.4 Å². The maximum absolute atomic E-state index is 13.4. The number of aliphatic carboxylic acids is 1. The van der Waals surface area contributed by atoms with E-state index in [-0.39, 0.29) is 10.7 Å². The van der Waals surface area contributed by atoms with Crippen molar-refractivity contribution in [3.8, 4) is 0 Å². The van der Waals surface area contributed by atoms with Gasteiger partial charge in [-0.2, -0.15) is 13.2 Å². The molecule has 2 aromatic carbocycles. The van der Waals surface area contributed by atoms with E-state index < -0.39 is 22.2 Å². The molecular formula is C21H22F4N6O4S. The number of nitrogens with zero attached hydrogens (tertiary/aromatic N) is 3. The summed E-state index contributed by atoms with van der Waals surface area (Å²) in [7, 11) is 1.46. The van der Waals surface area contributed by atoms with Crippen LogP contribution in [0.3, 0.4) is 0 Å². The highest BCUT2D eigenvalue weighted by Crippen LogP contribution is 2.30. The molecule has 15 heteroatoms. The van der Waals surface area contributed by atoms with Crippen LogP contribution in [-0.4, -0.2) is 56.8 Å². The summed E-state index contributed by atoms with van der Waals surface area (Å²) in [5, 5.41) is 13.3. The predicted octanol–water partition coefficient (Wildman–Crippen LogP) is 3.71. The fourth-order valence-corrected chi connectivity index (χ4v) is 3.39. The number of aromatic nitrogens is 2. The maximum Gasteiger partial charge on any atom is 0.490 e. The Morgan fingerprint density at radius 1 is 1.00 bits per heavy atom. The number of nitrogens with one attached hydrogen (secondary N) is 3. The monoisotopic (exact) mass is 530 g/mol.